The number of benzene rings is 1. The van der Waals surface area contributed by atoms with E-state index in [0.29, 0.717) is 24.3 Å². The van der Waals surface area contributed by atoms with Crippen LogP contribution in [0.5, 0.6) is 5.88 Å². The Morgan fingerprint density at radius 3 is 2.80 bits per heavy atom. The maximum absolute atomic E-state index is 5.92. The molecule has 0 saturated heterocycles. The summed E-state index contributed by atoms with van der Waals surface area (Å²) in [4.78, 5) is 8.72. The van der Waals surface area contributed by atoms with Crippen LogP contribution < -0.4 is 10.1 Å². The van der Waals surface area contributed by atoms with Crippen LogP contribution in [0.2, 0.25) is 0 Å². The zero-order chi connectivity index (χ0) is 14.4. The first-order valence-electron chi connectivity index (χ1n) is 6.62. The van der Waals surface area contributed by atoms with Crippen LogP contribution in [0.3, 0.4) is 0 Å². The highest BCUT2D eigenvalue weighted by Crippen LogP contribution is 2.21. The molecule has 0 aliphatic heterocycles. The van der Waals surface area contributed by atoms with Gasteiger partial charge in [0.15, 0.2) is 0 Å². The molecule has 0 aliphatic rings. The van der Waals surface area contributed by atoms with Crippen LogP contribution in [-0.4, -0.2) is 16.6 Å². The van der Waals surface area contributed by atoms with Crippen molar-refractivity contribution >= 4 is 23.2 Å². The van der Waals surface area contributed by atoms with E-state index < -0.39 is 0 Å². The zero-order valence-corrected chi connectivity index (χ0v) is 12.4. The van der Waals surface area contributed by atoms with Crippen LogP contribution >= 0.6 is 11.6 Å². The van der Waals surface area contributed by atoms with E-state index in [1.54, 1.807) is 0 Å². The predicted molar refractivity (Wildman–Crippen MR) is 81.8 cm³/mol. The molecule has 0 spiro atoms. The summed E-state index contributed by atoms with van der Waals surface area (Å²) >= 11 is 5.92. The molecule has 0 saturated carbocycles. The summed E-state index contributed by atoms with van der Waals surface area (Å²) in [6.45, 7) is 4.62. The minimum Gasteiger partial charge on any atom is -0.478 e. The molecule has 1 heterocycles. The SMILES string of the molecule is CCCOc1cc(C)nc(Nc2ccccc2CCl)n1. The maximum atomic E-state index is 5.92. The largest absolute Gasteiger partial charge is 0.478 e. The quantitative estimate of drug-likeness (QED) is 0.816. The van der Waals surface area contributed by atoms with Gasteiger partial charge in [-0.2, -0.15) is 4.98 Å². The maximum Gasteiger partial charge on any atom is 0.230 e. The fraction of sp³-hybridized carbons (Fsp3) is 0.333. The molecule has 106 valence electrons. The van der Waals surface area contributed by atoms with Gasteiger partial charge in [-0.1, -0.05) is 25.1 Å². The summed E-state index contributed by atoms with van der Waals surface area (Å²) in [6, 6.07) is 9.66. The fourth-order valence-electron chi connectivity index (χ4n) is 1.76. The Hall–Kier alpha value is -1.81. The van der Waals surface area contributed by atoms with Gasteiger partial charge in [-0.05, 0) is 25.0 Å². The normalized spacial score (nSPS) is 10.3. The van der Waals surface area contributed by atoms with Gasteiger partial charge in [0, 0.05) is 23.3 Å². The fourth-order valence-corrected chi connectivity index (χ4v) is 1.99. The highest BCUT2D eigenvalue weighted by molar-refractivity contribution is 6.17. The summed E-state index contributed by atoms with van der Waals surface area (Å²) < 4.78 is 5.55. The van der Waals surface area contributed by atoms with Crippen molar-refractivity contribution in [2.75, 3.05) is 11.9 Å². The van der Waals surface area contributed by atoms with Gasteiger partial charge in [-0.25, -0.2) is 4.98 Å². The molecule has 0 bridgehead atoms. The van der Waals surface area contributed by atoms with Crippen molar-refractivity contribution in [1.29, 1.82) is 0 Å². The number of anilines is 2. The molecule has 0 fully saturated rings. The topological polar surface area (TPSA) is 47.0 Å². The Labute approximate surface area is 124 Å². The number of hydrogen-bond acceptors (Lipinski definition) is 4. The molecular weight excluding hydrogens is 274 g/mol. The van der Waals surface area contributed by atoms with Crippen LogP contribution in [0.25, 0.3) is 0 Å². The molecule has 1 N–H and O–H groups in total. The molecule has 0 unspecified atom stereocenters. The monoisotopic (exact) mass is 291 g/mol. The Morgan fingerprint density at radius 1 is 1.25 bits per heavy atom. The number of aryl methyl sites for hydroxylation is 1. The van der Waals surface area contributed by atoms with E-state index >= 15 is 0 Å². The van der Waals surface area contributed by atoms with E-state index in [-0.39, 0.29) is 0 Å². The predicted octanol–water partition coefficient (Wildman–Crippen LogP) is 4.06. The molecular formula is C15H18ClN3O. The molecule has 1 aromatic carbocycles. The van der Waals surface area contributed by atoms with Gasteiger partial charge in [0.2, 0.25) is 11.8 Å². The van der Waals surface area contributed by atoms with Crippen LogP contribution in [0.15, 0.2) is 30.3 Å². The standard InChI is InChI=1S/C15H18ClN3O/c1-3-8-20-14-9-11(2)17-15(19-14)18-13-7-5-4-6-12(13)10-16/h4-7,9H,3,8,10H2,1-2H3,(H,17,18,19). The molecule has 4 nitrogen and oxygen atoms in total. The molecule has 5 heteroatoms. The van der Waals surface area contributed by atoms with Gasteiger partial charge < -0.3 is 10.1 Å². The summed E-state index contributed by atoms with van der Waals surface area (Å²) in [5.41, 5.74) is 2.78. The van der Waals surface area contributed by atoms with Crippen LogP contribution in [0, 0.1) is 6.92 Å². The summed E-state index contributed by atoms with van der Waals surface area (Å²) in [5.74, 6) is 1.55. The average molecular weight is 292 g/mol. The number of aromatic nitrogens is 2. The number of nitrogens with one attached hydrogen (secondary N) is 1. The van der Waals surface area contributed by atoms with E-state index in [4.69, 9.17) is 16.3 Å². The van der Waals surface area contributed by atoms with Gasteiger partial charge in [0.1, 0.15) is 0 Å². The van der Waals surface area contributed by atoms with Crippen molar-refractivity contribution < 1.29 is 4.74 Å². The van der Waals surface area contributed by atoms with Crippen molar-refractivity contribution in [1.82, 2.24) is 9.97 Å². The van der Waals surface area contributed by atoms with Gasteiger partial charge in [-0.3, -0.25) is 0 Å². The number of ether oxygens (including phenoxy) is 1. The zero-order valence-electron chi connectivity index (χ0n) is 11.7. The van der Waals surface area contributed by atoms with Gasteiger partial charge >= 0.3 is 0 Å². The minimum absolute atomic E-state index is 0.439. The van der Waals surface area contributed by atoms with E-state index in [9.17, 15) is 0 Å². The number of alkyl halides is 1. The lowest BCUT2D eigenvalue weighted by molar-refractivity contribution is 0.305. The highest BCUT2D eigenvalue weighted by atomic mass is 35.5. The Kier molecular flexibility index (Phi) is 5.18. The molecule has 0 radical (unpaired) electrons. The van der Waals surface area contributed by atoms with Crippen molar-refractivity contribution in [3.8, 4) is 5.88 Å². The first-order valence-corrected chi connectivity index (χ1v) is 7.15. The number of para-hydroxylation sites is 1. The van der Waals surface area contributed by atoms with Crippen LogP contribution in [0.4, 0.5) is 11.6 Å². The average Bonchev–Trinajstić information content (AvgIpc) is 2.45. The van der Waals surface area contributed by atoms with E-state index in [2.05, 4.69) is 22.2 Å². The Bertz CT molecular complexity index is 575. The Balaban J connectivity index is 2.22. The summed E-state index contributed by atoms with van der Waals surface area (Å²) in [5, 5.41) is 3.19. The summed E-state index contributed by atoms with van der Waals surface area (Å²) in [7, 11) is 0. The molecule has 20 heavy (non-hydrogen) atoms. The third kappa shape index (κ3) is 3.84. The van der Waals surface area contributed by atoms with Crippen molar-refractivity contribution in [3.05, 3.63) is 41.6 Å². The van der Waals surface area contributed by atoms with E-state index in [1.165, 1.54) is 0 Å². The third-order valence-corrected chi connectivity index (χ3v) is 2.98. The lowest BCUT2D eigenvalue weighted by atomic mass is 10.2. The second-order valence-corrected chi connectivity index (χ2v) is 4.70. The van der Waals surface area contributed by atoms with Gasteiger partial charge in [-0.15, -0.1) is 11.6 Å². The molecule has 1 aromatic heterocycles. The molecule has 0 aliphatic carbocycles. The van der Waals surface area contributed by atoms with Crippen molar-refractivity contribution in [2.45, 2.75) is 26.1 Å². The minimum atomic E-state index is 0.439. The lowest BCUT2D eigenvalue weighted by Gasteiger charge is -2.11. The first-order chi connectivity index (χ1) is 9.72. The number of nitrogens with zero attached hydrogens (tertiary/aromatic N) is 2. The molecule has 2 aromatic rings. The van der Waals surface area contributed by atoms with E-state index in [1.807, 2.05) is 37.3 Å². The summed E-state index contributed by atoms with van der Waals surface area (Å²) in [6.07, 6.45) is 0.945. The lowest BCUT2D eigenvalue weighted by Crippen LogP contribution is -2.04. The van der Waals surface area contributed by atoms with Gasteiger partial charge in [0.05, 0.1) is 6.61 Å². The Morgan fingerprint density at radius 2 is 2.05 bits per heavy atom. The van der Waals surface area contributed by atoms with E-state index in [0.717, 1.165) is 23.4 Å². The van der Waals surface area contributed by atoms with Crippen molar-refractivity contribution in [3.63, 3.8) is 0 Å². The van der Waals surface area contributed by atoms with Crippen molar-refractivity contribution in [2.24, 2.45) is 0 Å². The number of hydrogen-bond donors (Lipinski definition) is 1. The molecule has 2 rings (SSSR count). The number of halogens is 1. The third-order valence-electron chi connectivity index (χ3n) is 2.69. The smallest absolute Gasteiger partial charge is 0.230 e. The highest BCUT2D eigenvalue weighted by Gasteiger charge is 2.06. The molecule has 0 atom stereocenters. The second-order valence-electron chi connectivity index (χ2n) is 4.44. The molecule has 0 amide bonds. The number of rotatable bonds is 6. The van der Waals surface area contributed by atoms with Crippen LogP contribution in [-0.2, 0) is 5.88 Å². The van der Waals surface area contributed by atoms with Gasteiger partial charge in [0.25, 0.3) is 0 Å². The van der Waals surface area contributed by atoms with Crippen LogP contribution in [0.1, 0.15) is 24.6 Å². The first kappa shape index (κ1) is 14.6. The second kappa shape index (κ2) is 7.10.